The number of halogens is 1. The highest BCUT2D eigenvalue weighted by Gasteiger charge is 2.19. The molecule has 0 fully saturated rings. The molecule has 2 N–H and O–H groups in total. The van der Waals surface area contributed by atoms with Crippen LogP contribution in [-0.4, -0.2) is 9.55 Å². The van der Waals surface area contributed by atoms with Crippen molar-refractivity contribution in [2.45, 2.75) is 13.0 Å². The molecule has 0 radical (unpaired) electrons. The molecule has 114 valence electrons. The summed E-state index contributed by atoms with van der Waals surface area (Å²) in [6.07, 6.45) is 0. The number of fused-ring (bicyclic) bond motifs is 1. The summed E-state index contributed by atoms with van der Waals surface area (Å²) in [4.78, 5) is 17.2. The van der Waals surface area contributed by atoms with Crippen LogP contribution in [-0.2, 0) is 0 Å². The molecule has 3 rings (SSSR count). The first-order valence-corrected chi connectivity index (χ1v) is 7.01. The summed E-state index contributed by atoms with van der Waals surface area (Å²) in [5.74, 6) is -0.416. The van der Waals surface area contributed by atoms with E-state index < -0.39 is 17.4 Å². The molecule has 1 heterocycles. The van der Waals surface area contributed by atoms with Crippen molar-refractivity contribution in [3.05, 3.63) is 70.0 Å². The van der Waals surface area contributed by atoms with Crippen LogP contribution in [0.1, 0.15) is 24.4 Å². The SMILES string of the molecule is C[C@H](N)c1nc2c(F)ccc(C#N)c2c(=O)n1-c1ccccc1. The minimum Gasteiger partial charge on any atom is -0.322 e. The van der Waals surface area contributed by atoms with Crippen LogP contribution in [0.25, 0.3) is 16.6 Å². The van der Waals surface area contributed by atoms with Crippen molar-refractivity contribution in [2.24, 2.45) is 5.73 Å². The maximum Gasteiger partial charge on any atom is 0.267 e. The van der Waals surface area contributed by atoms with Gasteiger partial charge in [-0.2, -0.15) is 5.26 Å². The zero-order valence-electron chi connectivity index (χ0n) is 12.3. The van der Waals surface area contributed by atoms with Gasteiger partial charge in [0, 0.05) is 0 Å². The molecule has 0 bridgehead atoms. The van der Waals surface area contributed by atoms with Crippen LogP contribution in [0, 0.1) is 17.1 Å². The summed E-state index contributed by atoms with van der Waals surface area (Å²) in [5, 5.41) is 9.18. The Balaban J connectivity index is 2.54. The summed E-state index contributed by atoms with van der Waals surface area (Å²) in [7, 11) is 0. The molecule has 0 saturated heterocycles. The number of nitriles is 1. The van der Waals surface area contributed by atoms with Gasteiger partial charge in [0.1, 0.15) is 23.2 Å². The van der Waals surface area contributed by atoms with Gasteiger partial charge in [0.05, 0.1) is 22.7 Å². The molecule has 3 aromatic rings. The average molecular weight is 308 g/mol. The van der Waals surface area contributed by atoms with Gasteiger partial charge < -0.3 is 5.73 Å². The Bertz CT molecular complexity index is 987. The number of hydrogen-bond acceptors (Lipinski definition) is 4. The first-order chi connectivity index (χ1) is 11.0. The Kier molecular flexibility index (Phi) is 3.64. The molecule has 2 aromatic carbocycles. The molecule has 0 unspecified atom stereocenters. The smallest absolute Gasteiger partial charge is 0.267 e. The molecular formula is C17H13FN4O. The van der Waals surface area contributed by atoms with Crippen LogP contribution in [0.15, 0.2) is 47.3 Å². The Morgan fingerprint density at radius 2 is 1.96 bits per heavy atom. The van der Waals surface area contributed by atoms with Crippen molar-refractivity contribution in [2.75, 3.05) is 0 Å². The highest BCUT2D eigenvalue weighted by Crippen LogP contribution is 2.21. The van der Waals surface area contributed by atoms with Crippen molar-refractivity contribution in [1.29, 1.82) is 5.26 Å². The zero-order valence-corrected chi connectivity index (χ0v) is 12.3. The van der Waals surface area contributed by atoms with E-state index in [2.05, 4.69) is 4.98 Å². The molecule has 0 aliphatic rings. The molecule has 1 atom stereocenters. The van der Waals surface area contributed by atoms with E-state index in [1.165, 1.54) is 10.6 Å². The van der Waals surface area contributed by atoms with E-state index >= 15 is 0 Å². The van der Waals surface area contributed by atoms with E-state index in [1.54, 1.807) is 31.2 Å². The van der Waals surface area contributed by atoms with Gasteiger partial charge in [-0.25, -0.2) is 9.37 Å². The molecule has 0 saturated carbocycles. The number of benzene rings is 2. The molecule has 1 aromatic heterocycles. The van der Waals surface area contributed by atoms with E-state index in [-0.39, 0.29) is 22.3 Å². The van der Waals surface area contributed by atoms with Crippen LogP contribution in [0.3, 0.4) is 0 Å². The molecule has 0 spiro atoms. The van der Waals surface area contributed by atoms with Crippen LogP contribution >= 0.6 is 0 Å². The zero-order chi connectivity index (χ0) is 16.6. The second kappa shape index (κ2) is 5.63. The van der Waals surface area contributed by atoms with Gasteiger partial charge in [0.15, 0.2) is 0 Å². The summed E-state index contributed by atoms with van der Waals surface area (Å²) < 4.78 is 15.4. The highest BCUT2D eigenvalue weighted by atomic mass is 19.1. The fourth-order valence-corrected chi connectivity index (χ4v) is 2.50. The number of aromatic nitrogens is 2. The molecular weight excluding hydrogens is 295 g/mol. The minimum atomic E-state index is -0.654. The van der Waals surface area contributed by atoms with Crippen molar-refractivity contribution in [3.8, 4) is 11.8 Å². The lowest BCUT2D eigenvalue weighted by Crippen LogP contribution is -2.28. The maximum atomic E-state index is 14.1. The molecule has 23 heavy (non-hydrogen) atoms. The summed E-state index contributed by atoms with van der Waals surface area (Å²) in [6, 6.07) is 12.6. The number of nitrogens with zero attached hydrogens (tertiary/aromatic N) is 3. The quantitative estimate of drug-likeness (QED) is 0.788. The summed E-state index contributed by atoms with van der Waals surface area (Å²) in [5.41, 5.74) is 5.93. The van der Waals surface area contributed by atoms with Gasteiger partial charge in [-0.1, -0.05) is 18.2 Å². The van der Waals surface area contributed by atoms with Gasteiger partial charge in [-0.3, -0.25) is 9.36 Å². The lowest BCUT2D eigenvalue weighted by atomic mass is 10.1. The molecule has 0 aliphatic heterocycles. The topological polar surface area (TPSA) is 84.7 Å². The Morgan fingerprint density at radius 3 is 2.57 bits per heavy atom. The van der Waals surface area contributed by atoms with Gasteiger partial charge >= 0.3 is 0 Å². The number of rotatable bonds is 2. The van der Waals surface area contributed by atoms with E-state index in [9.17, 15) is 14.4 Å². The third-order valence-electron chi connectivity index (χ3n) is 3.54. The lowest BCUT2D eigenvalue weighted by Gasteiger charge is -2.16. The van der Waals surface area contributed by atoms with Gasteiger partial charge in [0.2, 0.25) is 0 Å². The summed E-state index contributed by atoms with van der Waals surface area (Å²) >= 11 is 0. The highest BCUT2D eigenvalue weighted by molar-refractivity contribution is 5.84. The van der Waals surface area contributed by atoms with Crippen molar-refractivity contribution < 1.29 is 4.39 Å². The second-order valence-corrected chi connectivity index (χ2v) is 5.17. The average Bonchev–Trinajstić information content (AvgIpc) is 2.56. The largest absolute Gasteiger partial charge is 0.322 e. The summed E-state index contributed by atoms with van der Waals surface area (Å²) in [6.45, 7) is 1.67. The maximum absolute atomic E-state index is 14.1. The fourth-order valence-electron chi connectivity index (χ4n) is 2.50. The van der Waals surface area contributed by atoms with Crippen LogP contribution in [0.2, 0.25) is 0 Å². The predicted octanol–water partition coefficient (Wildman–Crippen LogP) is 2.42. The third-order valence-corrected chi connectivity index (χ3v) is 3.54. The van der Waals surface area contributed by atoms with Crippen LogP contribution in [0.4, 0.5) is 4.39 Å². The molecule has 0 amide bonds. The molecule has 6 heteroatoms. The normalized spacial score (nSPS) is 12.1. The third kappa shape index (κ3) is 2.37. The lowest BCUT2D eigenvalue weighted by molar-refractivity contribution is 0.630. The molecule has 5 nitrogen and oxygen atoms in total. The van der Waals surface area contributed by atoms with Crippen LogP contribution < -0.4 is 11.3 Å². The minimum absolute atomic E-state index is 0.0410. The van der Waals surface area contributed by atoms with E-state index in [4.69, 9.17) is 5.73 Å². The first kappa shape index (κ1) is 14.9. The second-order valence-electron chi connectivity index (χ2n) is 5.17. The Morgan fingerprint density at radius 1 is 1.26 bits per heavy atom. The van der Waals surface area contributed by atoms with Crippen molar-refractivity contribution in [3.63, 3.8) is 0 Å². The van der Waals surface area contributed by atoms with Crippen LogP contribution in [0.5, 0.6) is 0 Å². The van der Waals surface area contributed by atoms with Crippen molar-refractivity contribution in [1.82, 2.24) is 9.55 Å². The van der Waals surface area contributed by atoms with E-state index in [1.807, 2.05) is 12.1 Å². The Labute approximate surface area is 131 Å². The van der Waals surface area contributed by atoms with Crippen molar-refractivity contribution >= 4 is 10.9 Å². The number of hydrogen-bond donors (Lipinski definition) is 1. The standard InChI is InChI=1S/C17H13FN4O/c1-10(20)16-21-15-13(18)8-7-11(9-19)14(15)17(23)22(16)12-5-3-2-4-6-12/h2-8,10H,20H2,1H3/t10-/m0/s1. The monoisotopic (exact) mass is 308 g/mol. The first-order valence-electron chi connectivity index (χ1n) is 7.01. The predicted molar refractivity (Wildman–Crippen MR) is 84.6 cm³/mol. The van der Waals surface area contributed by atoms with Gasteiger partial charge in [-0.05, 0) is 31.2 Å². The molecule has 0 aliphatic carbocycles. The Hall–Kier alpha value is -3.04. The number of para-hydroxylation sites is 1. The van der Waals surface area contributed by atoms with Gasteiger partial charge in [0.25, 0.3) is 5.56 Å². The number of nitrogens with two attached hydrogens (primary N) is 1. The van der Waals surface area contributed by atoms with Gasteiger partial charge in [-0.15, -0.1) is 0 Å². The fraction of sp³-hybridized carbons (Fsp3) is 0.118. The van der Waals surface area contributed by atoms with E-state index in [0.29, 0.717) is 5.69 Å². The van der Waals surface area contributed by atoms with E-state index in [0.717, 1.165) is 6.07 Å².